The third-order valence-electron chi connectivity index (χ3n) is 4.36. The van der Waals surface area contributed by atoms with Gasteiger partial charge in [0.2, 0.25) is 5.82 Å². The quantitative estimate of drug-likeness (QED) is 0.493. The molecule has 0 saturated carbocycles. The van der Waals surface area contributed by atoms with Crippen molar-refractivity contribution >= 4 is 5.97 Å². The second-order valence-electron chi connectivity index (χ2n) is 6.33. The minimum Gasteiger partial charge on any atom is -0.452 e. The molecule has 0 saturated heterocycles. The fourth-order valence-corrected chi connectivity index (χ4v) is 2.84. The van der Waals surface area contributed by atoms with Gasteiger partial charge in [0.15, 0.2) is 6.61 Å². The lowest BCUT2D eigenvalue weighted by molar-refractivity contribution is 0.0430. The molecule has 4 aromatic rings. The van der Waals surface area contributed by atoms with E-state index in [0.29, 0.717) is 11.4 Å². The molecule has 7 nitrogen and oxygen atoms in total. The van der Waals surface area contributed by atoms with Crippen molar-refractivity contribution in [1.29, 1.82) is 0 Å². The first-order valence-corrected chi connectivity index (χ1v) is 8.78. The zero-order valence-corrected chi connectivity index (χ0v) is 15.5. The largest absolute Gasteiger partial charge is 0.452 e. The molecule has 0 fully saturated rings. The zero-order valence-electron chi connectivity index (χ0n) is 15.5. The van der Waals surface area contributed by atoms with Crippen molar-refractivity contribution in [1.82, 2.24) is 19.9 Å². The van der Waals surface area contributed by atoms with Gasteiger partial charge < -0.3 is 9.26 Å². The average molecular weight is 374 g/mol. The van der Waals surface area contributed by atoms with Crippen molar-refractivity contribution in [2.45, 2.75) is 20.5 Å². The van der Waals surface area contributed by atoms with Crippen molar-refractivity contribution in [3.05, 3.63) is 83.5 Å². The summed E-state index contributed by atoms with van der Waals surface area (Å²) < 4.78 is 12.3. The van der Waals surface area contributed by atoms with E-state index in [9.17, 15) is 4.79 Å². The van der Waals surface area contributed by atoms with Crippen LogP contribution in [-0.4, -0.2) is 25.9 Å². The Morgan fingerprint density at radius 3 is 2.57 bits per heavy atom. The smallest absolute Gasteiger partial charge is 0.338 e. The molecule has 7 heteroatoms. The summed E-state index contributed by atoms with van der Waals surface area (Å²) in [5.41, 5.74) is 4.25. The van der Waals surface area contributed by atoms with Crippen LogP contribution < -0.4 is 0 Å². The van der Waals surface area contributed by atoms with E-state index in [4.69, 9.17) is 9.26 Å². The van der Waals surface area contributed by atoms with Crippen LogP contribution in [0.5, 0.6) is 0 Å². The van der Waals surface area contributed by atoms with Crippen molar-refractivity contribution in [3.8, 4) is 17.1 Å². The predicted molar refractivity (Wildman–Crippen MR) is 102 cm³/mol. The molecular formula is C21H18N4O3. The lowest BCUT2D eigenvalue weighted by Crippen LogP contribution is -2.06. The summed E-state index contributed by atoms with van der Waals surface area (Å²) in [6, 6.07) is 16.7. The number of aromatic nitrogens is 4. The molecule has 0 bridgehead atoms. The summed E-state index contributed by atoms with van der Waals surface area (Å²) in [7, 11) is 0. The lowest BCUT2D eigenvalue weighted by atomic mass is 10.1. The van der Waals surface area contributed by atoms with Gasteiger partial charge in [-0.1, -0.05) is 29.4 Å². The summed E-state index contributed by atoms with van der Waals surface area (Å²) >= 11 is 0. The molecule has 2 aromatic carbocycles. The topological polar surface area (TPSA) is 83.0 Å². The summed E-state index contributed by atoms with van der Waals surface area (Å²) in [5, 5.41) is 8.20. The van der Waals surface area contributed by atoms with Crippen LogP contribution in [0.1, 0.15) is 27.5 Å². The van der Waals surface area contributed by atoms with Gasteiger partial charge in [0.1, 0.15) is 0 Å². The molecule has 2 aromatic heterocycles. The minimum absolute atomic E-state index is 0.0856. The highest BCUT2D eigenvalue weighted by molar-refractivity contribution is 5.89. The highest BCUT2D eigenvalue weighted by atomic mass is 16.6. The van der Waals surface area contributed by atoms with E-state index in [0.717, 1.165) is 22.5 Å². The van der Waals surface area contributed by atoms with Crippen LogP contribution in [0.15, 0.2) is 65.3 Å². The van der Waals surface area contributed by atoms with Gasteiger partial charge in [-0.05, 0) is 49.7 Å². The Hall–Kier alpha value is -3.74. The Bertz CT molecular complexity index is 1110. The van der Waals surface area contributed by atoms with Gasteiger partial charge in [0.05, 0.1) is 11.3 Å². The maximum absolute atomic E-state index is 12.3. The van der Waals surface area contributed by atoms with Gasteiger partial charge in [-0.15, -0.1) is 0 Å². The molecule has 0 unspecified atom stereocenters. The van der Waals surface area contributed by atoms with E-state index in [1.165, 1.54) is 0 Å². The first kappa shape index (κ1) is 17.7. The lowest BCUT2D eigenvalue weighted by Gasteiger charge is -2.06. The summed E-state index contributed by atoms with van der Waals surface area (Å²) in [6.45, 7) is 3.85. The number of ether oxygens (including phenoxy) is 1. The first-order chi connectivity index (χ1) is 13.6. The Morgan fingerprint density at radius 1 is 1.07 bits per heavy atom. The van der Waals surface area contributed by atoms with Crippen molar-refractivity contribution < 1.29 is 14.1 Å². The number of carbonyl (C=O) groups is 1. The number of carbonyl (C=O) groups excluding carboxylic acids is 1. The minimum atomic E-state index is -0.459. The van der Waals surface area contributed by atoms with Crippen LogP contribution in [0.25, 0.3) is 17.1 Å². The highest BCUT2D eigenvalue weighted by Gasteiger charge is 2.14. The number of rotatable bonds is 5. The number of nitrogens with zero attached hydrogens (tertiary/aromatic N) is 4. The average Bonchev–Trinajstić information content (AvgIpc) is 3.36. The standard InChI is InChI=1S/C21H18N4O3/c1-14-5-3-4-6-18(14)20-23-19(28-24-20)13-27-21(26)16-7-9-17(10-8-16)25-15(2)11-12-22-25/h3-12H,13H2,1-2H3. The molecule has 0 spiro atoms. The highest BCUT2D eigenvalue weighted by Crippen LogP contribution is 2.20. The van der Waals surface area contributed by atoms with Crippen molar-refractivity contribution in [3.63, 3.8) is 0 Å². The van der Waals surface area contributed by atoms with Gasteiger partial charge in [0.25, 0.3) is 5.89 Å². The van der Waals surface area contributed by atoms with Crippen LogP contribution >= 0.6 is 0 Å². The molecule has 140 valence electrons. The number of hydrogen-bond donors (Lipinski definition) is 0. The Morgan fingerprint density at radius 2 is 1.86 bits per heavy atom. The number of hydrogen-bond acceptors (Lipinski definition) is 6. The van der Waals surface area contributed by atoms with Crippen LogP contribution in [0.2, 0.25) is 0 Å². The first-order valence-electron chi connectivity index (χ1n) is 8.78. The van der Waals surface area contributed by atoms with Gasteiger partial charge in [-0.3, -0.25) is 0 Å². The molecular weight excluding hydrogens is 356 g/mol. The molecule has 28 heavy (non-hydrogen) atoms. The summed E-state index contributed by atoms with van der Waals surface area (Å²) in [4.78, 5) is 16.6. The molecule has 4 rings (SSSR count). The fourth-order valence-electron chi connectivity index (χ4n) is 2.84. The van der Waals surface area contributed by atoms with Gasteiger partial charge in [0, 0.05) is 17.5 Å². The third-order valence-corrected chi connectivity index (χ3v) is 4.36. The van der Waals surface area contributed by atoms with E-state index in [1.54, 1.807) is 23.0 Å². The van der Waals surface area contributed by atoms with Gasteiger partial charge in [-0.25, -0.2) is 9.48 Å². The maximum Gasteiger partial charge on any atom is 0.338 e. The second kappa shape index (κ2) is 7.48. The number of esters is 1. The van der Waals surface area contributed by atoms with E-state index >= 15 is 0 Å². The van der Waals surface area contributed by atoms with Crippen LogP contribution in [0, 0.1) is 13.8 Å². The molecule has 0 radical (unpaired) electrons. The molecule has 0 amide bonds. The number of aryl methyl sites for hydroxylation is 2. The Balaban J connectivity index is 1.41. The SMILES string of the molecule is Cc1ccccc1-c1noc(COC(=O)c2ccc(-n3nccc3C)cc2)n1. The zero-order chi connectivity index (χ0) is 19.5. The van der Waals surface area contributed by atoms with Crippen molar-refractivity contribution in [2.24, 2.45) is 0 Å². The molecule has 0 N–H and O–H groups in total. The molecule has 2 heterocycles. The van der Waals surface area contributed by atoms with E-state index in [-0.39, 0.29) is 12.5 Å². The second-order valence-corrected chi connectivity index (χ2v) is 6.33. The Kier molecular flexibility index (Phi) is 4.72. The predicted octanol–water partition coefficient (Wildman–Crippen LogP) is 3.90. The third kappa shape index (κ3) is 3.55. The van der Waals surface area contributed by atoms with Crippen molar-refractivity contribution in [2.75, 3.05) is 0 Å². The fraction of sp³-hybridized carbons (Fsp3) is 0.143. The van der Waals surface area contributed by atoms with E-state index in [2.05, 4.69) is 15.2 Å². The maximum atomic E-state index is 12.3. The molecule has 0 aliphatic carbocycles. The normalized spacial score (nSPS) is 10.8. The van der Waals surface area contributed by atoms with Crippen LogP contribution in [0.4, 0.5) is 0 Å². The van der Waals surface area contributed by atoms with Gasteiger partial charge in [-0.2, -0.15) is 10.1 Å². The molecule has 0 aliphatic rings. The van der Waals surface area contributed by atoms with Crippen LogP contribution in [0.3, 0.4) is 0 Å². The molecule has 0 atom stereocenters. The Labute approximate surface area is 161 Å². The summed E-state index contributed by atoms with van der Waals surface area (Å²) in [5.74, 6) is 0.262. The number of benzene rings is 2. The van der Waals surface area contributed by atoms with E-state index < -0.39 is 5.97 Å². The van der Waals surface area contributed by atoms with Crippen LogP contribution in [-0.2, 0) is 11.3 Å². The monoisotopic (exact) mass is 374 g/mol. The summed E-state index contributed by atoms with van der Waals surface area (Å²) in [6.07, 6.45) is 1.73. The van der Waals surface area contributed by atoms with Gasteiger partial charge >= 0.3 is 5.97 Å². The van der Waals surface area contributed by atoms with E-state index in [1.807, 2.05) is 56.3 Å². The molecule has 0 aliphatic heterocycles.